The van der Waals surface area contributed by atoms with Gasteiger partial charge in [0.05, 0.1) is 23.0 Å². The zero-order valence-corrected chi connectivity index (χ0v) is 16.8. The number of aromatic nitrogens is 1. The molecule has 0 saturated carbocycles. The molecule has 4 heteroatoms. The summed E-state index contributed by atoms with van der Waals surface area (Å²) >= 11 is 0. The lowest BCUT2D eigenvalue weighted by Crippen LogP contribution is -2.22. The van der Waals surface area contributed by atoms with Crippen molar-refractivity contribution in [3.05, 3.63) is 108 Å². The first-order valence-electron chi connectivity index (χ1n) is 9.88. The number of benzene rings is 3. The molecule has 0 aliphatic carbocycles. The Morgan fingerprint density at radius 3 is 2.57 bits per heavy atom. The first kappa shape index (κ1) is 19.4. The Bertz CT molecular complexity index is 1190. The van der Waals surface area contributed by atoms with Gasteiger partial charge in [-0.2, -0.15) is 0 Å². The number of hydrogen-bond donors (Lipinski definition) is 1. The number of likely N-dealkylation sites (N-methyl/N-ethyl adjacent to an activating group) is 1. The summed E-state index contributed by atoms with van der Waals surface area (Å²) in [4.78, 5) is 19.5. The number of nitrogens with zero attached hydrogens (tertiary/aromatic N) is 2. The van der Waals surface area contributed by atoms with Crippen LogP contribution in [-0.4, -0.2) is 24.5 Å². The Morgan fingerprint density at radius 2 is 1.70 bits per heavy atom. The molecule has 4 aromatic rings. The van der Waals surface area contributed by atoms with Crippen LogP contribution in [0.3, 0.4) is 0 Å². The number of fused-ring (bicyclic) bond motifs is 1. The molecule has 4 nitrogen and oxygen atoms in total. The quantitative estimate of drug-likeness (QED) is 0.461. The highest BCUT2D eigenvalue weighted by Gasteiger charge is 2.14. The summed E-state index contributed by atoms with van der Waals surface area (Å²) in [6.07, 6.45) is 5.87. The zero-order chi connectivity index (χ0) is 20.8. The first-order valence-corrected chi connectivity index (χ1v) is 9.88. The van der Waals surface area contributed by atoms with Gasteiger partial charge in [-0.15, -0.1) is 0 Å². The molecule has 1 heterocycles. The number of nitrogens with one attached hydrogen (secondary N) is 1. The van der Waals surface area contributed by atoms with Crippen molar-refractivity contribution in [3.63, 3.8) is 0 Å². The molecule has 1 aromatic heterocycles. The Morgan fingerprint density at radius 1 is 0.967 bits per heavy atom. The van der Waals surface area contributed by atoms with Gasteiger partial charge >= 0.3 is 0 Å². The molecule has 3 aromatic carbocycles. The second kappa shape index (κ2) is 9.05. The third kappa shape index (κ3) is 4.55. The van der Waals surface area contributed by atoms with E-state index in [1.807, 2.05) is 79.8 Å². The molecule has 0 spiro atoms. The van der Waals surface area contributed by atoms with Crippen molar-refractivity contribution in [2.75, 3.05) is 23.8 Å². The van der Waals surface area contributed by atoms with E-state index in [4.69, 9.17) is 0 Å². The molecule has 1 amide bonds. The number of rotatable bonds is 6. The van der Waals surface area contributed by atoms with Gasteiger partial charge in [-0.25, -0.2) is 0 Å². The Balaban J connectivity index is 1.50. The summed E-state index contributed by atoms with van der Waals surface area (Å²) in [5.74, 6) is -0.151. The standard InChI is InChI=1S/C26H23N3O/c1-29(17-9-12-20-10-3-2-4-11-20)25-16-8-6-14-23(25)26(30)28-22-18-21-13-5-7-15-24(21)27-19-22/h2-16,18-19H,17H2,1H3,(H,28,30). The van der Waals surface area contributed by atoms with Crippen LogP contribution in [0.4, 0.5) is 11.4 Å². The lowest BCUT2D eigenvalue weighted by Gasteiger charge is -2.20. The fourth-order valence-electron chi connectivity index (χ4n) is 3.35. The number of para-hydroxylation sites is 2. The SMILES string of the molecule is CN(CC=Cc1ccccc1)c1ccccc1C(=O)Nc1cnc2ccccc2c1. The molecule has 1 N–H and O–H groups in total. The Hall–Kier alpha value is -3.92. The third-order valence-electron chi connectivity index (χ3n) is 4.90. The Kier molecular flexibility index (Phi) is 5.85. The van der Waals surface area contributed by atoms with E-state index in [-0.39, 0.29) is 5.91 Å². The van der Waals surface area contributed by atoms with E-state index >= 15 is 0 Å². The van der Waals surface area contributed by atoms with Gasteiger partial charge in [-0.1, -0.05) is 72.8 Å². The van der Waals surface area contributed by atoms with E-state index in [9.17, 15) is 4.79 Å². The van der Waals surface area contributed by atoms with Crippen molar-refractivity contribution in [2.45, 2.75) is 0 Å². The molecular formula is C26H23N3O. The summed E-state index contributed by atoms with van der Waals surface area (Å²) in [5, 5.41) is 3.97. The van der Waals surface area contributed by atoms with Gasteiger partial charge in [-0.05, 0) is 29.8 Å². The van der Waals surface area contributed by atoms with Crippen LogP contribution < -0.4 is 10.2 Å². The average Bonchev–Trinajstić information content (AvgIpc) is 2.79. The third-order valence-corrected chi connectivity index (χ3v) is 4.90. The average molecular weight is 393 g/mol. The highest BCUT2D eigenvalue weighted by atomic mass is 16.1. The molecule has 0 aliphatic rings. The zero-order valence-electron chi connectivity index (χ0n) is 16.8. The van der Waals surface area contributed by atoms with E-state index in [0.717, 1.165) is 22.2 Å². The monoisotopic (exact) mass is 393 g/mol. The van der Waals surface area contributed by atoms with Gasteiger partial charge in [0.25, 0.3) is 5.91 Å². The number of anilines is 2. The van der Waals surface area contributed by atoms with E-state index in [0.29, 0.717) is 17.8 Å². The first-order chi connectivity index (χ1) is 14.7. The van der Waals surface area contributed by atoms with Crippen LogP contribution in [0, 0.1) is 0 Å². The molecule has 0 saturated heterocycles. The van der Waals surface area contributed by atoms with Crippen molar-refractivity contribution in [3.8, 4) is 0 Å². The maximum Gasteiger partial charge on any atom is 0.257 e. The van der Waals surface area contributed by atoms with Crippen LogP contribution >= 0.6 is 0 Å². The summed E-state index contributed by atoms with van der Waals surface area (Å²) < 4.78 is 0. The molecule has 148 valence electrons. The van der Waals surface area contributed by atoms with Gasteiger partial charge in [0.1, 0.15) is 0 Å². The van der Waals surface area contributed by atoms with E-state index in [1.54, 1.807) is 6.20 Å². The molecule has 0 radical (unpaired) electrons. The van der Waals surface area contributed by atoms with Gasteiger partial charge in [0.2, 0.25) is 0 Å². The predicted octanol–water partition coefficient (Wildman–Crippen LogP) is 5.64. The van der Waals surface area contributed by atoms with E-state index in [2.05, 4.69) is 39.5 Å². The second-order valence-corrected chi connectivity index (χ2v) is 7.08. The van der Waals surface area contributed by atoms with Crippen LogP contribution in [0.25, 0.3) is 17.0 Å². The number of carbonyl (C=O) groups is 1. The highest BCUT2D eigenvalue weighted by Crippen LogP contribution is 2.22. The van der Waals surface area contributed by atoms with Gasteiger partial charge in [-0.3, -0.25) is 9.78 Å². The molecule has 0 aliphatic heterocycles. The van der Waals surface area contributed by atoms with Crippen LogP contribution in [0.2, 0.25) is 0 Å². The van der Waals surface area contributed by atoms with Crippen molar-refractivity contribution in [2.24, 2.45) is 0 Å². The van der Waals surface area contributed by atoms with Crippen LogP contribution in [-0.2, 0) is 0 Å². The number of hydrogen-bond acceptors (Lipinski definition) is 3. The molecule has 0 bridgehead atoms. The minimum Gasteiger partial charge on any atom is -0.370 e. The predicted molar refractivity (Wildman–Crippen MR) is 125 cm³/mol. The maximum atomic E-state index is 13.0. The van der Waals surface area contributed by atoms with Crippen LogP contribution in [0.15, 0.2) is 97.2 Å². The smallest absolute Gasteiger partial charge is 0.257 e. The summed E-state index contributed by atoms with van der Waals surface area (Å²) in [7, 11) is 1.99. The summed E-state index contributed by atoms with van der Waals surface area (Å²) in [5.41, 5.74) is 4.24. The molecule has 30 heavy (non-hydrogen) atoms. The van der Waals surface area contributed by atoms with E-state index in [1.165, 1.54) is 0 Å². The topological polar surface area (TPSA) is 45.2 Å². The normalized spacial score (nSPS) is 11.0. The second-order valence-electron chi connectivity index (χ2n) is 7.08. The van der Waals surface area contributed by atoms with E-state index < -0.39 is 0 Å². The molecule has 0 unspecified atom stereocenters. The number of amides is 1. The lowest BCUT2D eigenvalue weighted by molar-refractivity contribution is 0.102. The van der Waals surface area contributed by atoms with Crippen LogP contribution in [0.1, 0.15) is 15.9 Å². The maximum absolute atomic E-state index is 13.0. The van der Waals surface area contributed by atoms with Crippen molar-refractivity contribution in [1.82, 2.24) is 4.98 Å². The fourth-order valence-corrected chi connectivity index (χ4v) is 3.35. The van der Waals surface area contributed by atoms with Crippen molar-refractivity contribution in [1.29, 1.82) is 0 Å². The lowest BCUT2D eigenvalue weighted by atomic mass is 10.1. The summed E-state index contributed by atoms with van der Waals surface area (Å²) in [6, 6.07) is 27.6. The molecular weight excluding hydrogens is 370 g/mol. The summed E-state index contributed by atoms with van der Waals surface area (Å²) in [6.45, 7) is 0.691. The van der Waals surface area contributed by atoms with Gasteiger partial charge < -0.3 is 10.2 Å². The number of carbonyl (C=O) groups excluding carboxylic acids is 1. The number of pyridine rings is 1. The van der Waals surface area contributed by atoms with Crippen molar-refractivity contribution >= 4 is 34.3 Å². The highest BCUT2D eigenvalue weighted by molar-refractivity contribution is 6.08. The minimum atomic E-state index is -0.151. The molecule has 0 atom stereocenters. The van der Waals surface area contributed by atoms with Gasteiger partial charge in [0.15, 0.2) is 0 Å². The Labute approximate surface area is 176 Å². The fraction of sp³-hybridized carbons (Fsp3) is 0.0769. The van der Waals surface area contributed by atoms with Crippen molar-refractivity contribution < 1.29 is 4.79 Å². The van der Waals surface area contributed by atoms with Gasteiger partial charge in [0, 0.05) is 24.7 Å². The van der Waals surface area contributed by atoms with Crippen LogP contribution in [0.5, 0.6) is 0 Å². The minimum absolute atomic E-state index is 0.151. The molecule has 4 rings (SSSR count). The molecule has 0 fully saturated rings. The largest absolute Gasteiger partial charge is 0.370 e.